The van der Waals surface area contributed by atoms with Crippen LogP contribution in [0.15, 0.2) is 42.5 Å². The predicted octanol–water partition coefficient (Wildman–Crippen LogP) is 0.117. The molecule has 162 valence electrons. The zero-order chi connectivity index (χ0) is 21.8. The van der Waals surface area contributed by atoms with Crippen LogP contribution in [-0.2, 0) is 17.6 Å². The lowest BCUT2D eigenvalue weighted by atomic mass is 9.98. The summed E-state index contributed by atoms with van der Waals surface area (Å²) in [6.45, 7) is 1.51. The third-order valence-corrected chi connectivity index (χ3v) is 5.27. The number of hydrogen-bond acceptors (Lipinski definition) is 7. The van der Waals surface area contributed by atoms with Gasteiger partial charge in [-0.2, -0.15) is 0 Å². The summed E-state index contributed by atoms with van der Waals surface area (Å²) >= 11 is 0. The molecule has 0 aliphatic carbocycles. The molecule has 2 aromatic rings. The Hall–Kier alpha value is -2.49. The topological polar surface area (TPSA) is 142 Å². The van der Waals surface area contributed by atoms with Gasteiger partial charge in [0.1, 0.15) is 30.2 Å². The van der Waals surface area contributed by atoms with Gasteiger partial charge < -0.3 is 35.6 Å². The standard InChI is InChI=1S/C22H27NO7/c1-2-12-3-5-13(6-4-12)9-14-7-8-15(21(23)28)10-16(14)29-22-20(27)19(26)18(25)17(11-24)30-22/h3-8,10,17-20,22,24-27H,2,9,11H2,1H3,(H2,23,28)/t17-,18-,19+,20-,22+/m1/s1. The minimum atomic E-state index is -1.56. The van der Waals surface area contributed by atoms with Crippen LogP contribution in [0, 0.1) is 0 Å². The highest BCUT2D eigenvalue weighted by Crippen LogP contribution is 2.29. The molecule has 2 aromatic carbocycles. The van der Waals surface area contributed by atoms with Gasteiger partial charge in [-0.05, 0) is 35.2 Å². The van der Waals surface area contributed by atoms with E-state index in [1.54, 1.807) is 12.1 Å². The van der Waals surface area contributed by atoms with Crippen molar-refractivity contribution in [2.45, 2.75) is 50.5 Å². The normalized spacial score (nSPS) is 26.4. The molecule has 1 fully saturated rings. The van der Waals surface area contributed by atoms with E-state index in [0.29, 0.717) is 12.0 Å². The zero-order valence-electron chi connectivity index (χ0n) is 16.6. The Morgan fingerprint density at radius 2 is 1.70 bits per heavy atom. The van der Waals surface area contributed by atoms with E-state index in [4.69, 9.17) is 15.2 Å². The average molecular weight is 417 g/mol. The molecule has 8 nitrogen and oxygen atoms in total. The van der Waals surface area contributed by atoms with Gasteiger partial charge in [0, 0.05) is 12.0 Å². The summed E-state index contributed by atoms with van der Waals surface area (Å²) < 4.78 is 11.2. The zero-order valence-corrected chi connectivity index (χ0v) is 16.6. The number of hydrogen-bond donors (Lipinski definition) is 5. The van der Waals surface area contributed by atoms with Crippen molar-refractivity contribution in [3.8, 4) is 5.75 Å². The number of aliphatic hydroxyl groups is 4. The molecule has 0 spiro atoms. The third kappa shape index (κ3) is 4.80. The Bertz CT molecular complexity index is 868. The van der Waals surface area contributed by atoms with E-state index in [2.05, 4.69) is 6.92 Å². The van der Waals surface area contributed by atoms with Crippen molar-refractivity contribution < 1.29 is 34.7 Å². The summed E-state index contributed by atoms with van der Waals surface area (Å²) in [6, 6.07) is 12.8. The molecule has 1 saturated heterocycles. The number of benzene rings is 2. The minimum absolute atomic E-state index is 0.208. The van der Waals surface area contributed by atoms with Crippen LogP contribution in [0.5, 0.6) is 5.75 Å². The SMILES string of the molecule is CCc1ccc(Cc2ccc(C(N)=O)cc2O[C@H]2O[C@H](CO)[C@@H](O)[C@H](O)[C@H]2O)cc1. The molecular formula is C22H27NO7. The van der Waals surface area contributed by atoms with Gasteiger partial charge in [0.2, 0.25) is 12.2 Å². The van der Waals surface area contributed by atoms with Crippen molar-refractivity contribution in [3.63, 3.8) is 0 Å². The van der Waals surface area contributed by atoms with Gasteiger partial charge in [0.25, 0.3) is 0 Å². The van der Waals surface area contributed by atoms with Crippen molar-refractivity contribution in [2.75, 3.05) is 6.61 Å². The molecule has 1 aliphatic heterocycles. The lowest BCUT2D eigenvalue weighted by Gasteiger charge is -2.39. The van der Waals surface area contributed by atoms with E-state index in [-0.39, 0.29) is 11.3 Å². The van der Waals surface area contributed by atoms with Gasteiger partial charge in [0.15, 0.2) is 0 Å². The molecule has 1 amide bonds. The molecular weight excluding hydrogens is 390 g/mol. The second kappa shape index (κ2) is 9.55. The van der Waals surface area contributed by atoms with Crippen molar-refractivity contribution in [1.82, 2.24) is 0 Å². The van der Waals surface area contributed by atoms with E-state index in [0.717, 1.165) is 12.0 Å². The third-order valence-electron chi connectivity index (χ3n) is 5.27. The molecule has 1 heterocycles. The molecule has 0 radical (unpaired) electrons. The van der Waals surface area contributed by atoms with Crippen LogP contribution >= 0.6 is 0 Å². The number of primary amides is 1. The second-order valence-electron chi connectivity index (χ2n) is 7.35. The molecule has 30 heavy (non-hydrogen) atoms. The number of amides is 1. The molecule has 0 unspecified atom stereocenters. The lowest BCUT2D eigenvalue weighted by Crippen LogP contribution is -2.60. The molecule has 0 bridgehead atoms. The molecule has 5 atom stereocenters. The maximum Gasteiger partial charge on any atom is 0.248 e. The fourth-order valence-corrected chi connectivity index (χ4v) is 3.37. The lowest BCUT2D eigenvalue weighted by molar-refractivity contribution is -0.277. The molecule has 1 aliphatic rings. The predicted molar refractivity (Wildman–Crippen MR) is 108 cm³/mol. The molecule has 3 rings (SSSR count). The van der Waals surface area contributed by atoms with E-state index < -0.39 is 43.2 Å². The van der Waals surface area contributed by atoms with Gasteiger partial charge in [-0.1, -0.05) is 37.3 Å². The fraction of sp³-hybridized carbons (Fsp3) is 0.409. The Balaban J connectivity index is 1.89. The van der Waals surface area contributed by atoms with E-state index in [9.17, 15) is 25.2 Å². The first kappa shape index (κ1) is 22.2. The fourth-order valence-electron chi connectivity index (χ4n) is 3.37. The first-order chi connectivity index (χ1) is 14.3. The first-order valence-electron chi connectivity index (χ1n) is 9.81. The summed E-state index contributed by atoms with van der Waals surface area (Å²) in [6.07, 6.45) is -5.66. The Morgan fingerprint density at radius 3 is 2.30 bits per heavy atom. The highest BCUT2D eigenvalue weighted by Gasteiger charge is 2.44. The van der Waals surface area contributed by atoms with Gasteiger partial charge >= 0.3 is 0 Å². The summed E-state index contributed by atoms with van der Waals surface area (Å²) in [7, 11) is 0. The van der Waals surface area contributed by atoms with Crippen LogP contribution in [0.25, 0.3) is 0 Å². The van der Waals surface area contributed by atoms with Gasteiger partial charge in [-0.15, -0.1) is 0 Å². The van der Waals surface area contributed by atoms with Crippen LogP contribution in [-0.4, -0.2) is 63.6 Å². The van der Waals surface area contributed by atoms with E-state index in [1.165, 1.54) is 11.6 Å². The minimum Gasteiger partial charge on any atom is -0.462 e. The van der Waals surface area contributed by atoms with Gasteiger partial charge in [-0.25, -0.2) is 0 Å². The maximum atomic E-state index is 11.6. The van der Waals surface area contributed by atoms with Crippen LogP contribution in [0.1, 0.15) is 34.0 Å². The van der Waals surface area contributed by atoms with Crippen LogP contribution in [0.4, 0.5) is 0 Å². The quantitative estimate of drug-likeness (QED) is 0.431. The van der Waals surface area contributed by atoms with Crippen LogP contribution in [0.3, 0.4) is 0 Å². The molecule has 0 aromatic heterocycles. The number of rotatable bonds is 7. The van der Waals surface area contributed by atoms with E-state index >= 15 is 0 Å². The Labute approximate surface area is 174 Å². The number of ether oxygens (including phenoxy) is 2. The number of carbonyl (C=O) groups excluding carboxylic acids is 1. The van der Waals surface area contributed by atoms with Gasteiger partial charge in [0.05, 0.1) is 6.61 Å². The molecule has 6 N–H and O–H groups in total. The highest BCUT2D eigenvalue weighted by molar-refractivity contribution is 5.93. The monoisotopic (exact) mass is 417 g/mol. The molecule has 8 heteroatoms. The summed E-state index contributed by atoms with van der Waals surface area (Å²) in [5, 5.41) is 39.6. The largest absolute Gasteiger partial charge is 0.462 e. The maximum absolute atomic E-state index is 11.6. The van der Waals surface area contributed by atoms with Crippen molar-refractivity contribution >= 4 is 5.91 Å². The summed E-state index contributed by atoms with van der Waals surface area (Å²) in [5.41, 5.74) is 8.52. The van der Waals surface area contributed by atoms with Crippen molar-refractivity contribution in [2.24, 2.45) is 5.73 Å². The Morgan fingerprint density at radius 1 is 1.03 bits per heavy atom. The summed E-state index contributed by atoms with van der Waals surface area (Å²) in [5.74, 6) is -0.400. The average Bonchev–Trinajstić information content (AvgIpc) is 2.75. The summed E-state index contributed by atoms with van der Waals surface area (Å²) in [4.78, 5) is 11.6. The van der Waals surface area contributed by atoms with E-state index in [1.807, 2.05) is 24.3 Å². The first-order valence-corrected chi connectivity index (χ1v) is 9.81. The number of carbonyl (C=O) groups is 1. The molecule has 0 saturated carbocycles. The number of aliphatic hydroxyl groups excluding tert-OH is 4. The van der Waals surface area contributed by atoms with Gasteiger partial charge in [-0.3, -0.25) is 4.79 Å². The van der Waals surface area contributed by atoms with Crippen molar-refractivity contribution in [3.05, 3.63) is 64.7 Å². The smallest absolute Gasteiger partial charge is 0.248 e. The van der Waals surface area contributed by atoms with Crippen LogP contribution < -0.4 is 10.5 Å². The number of aryl methyl sites for hydroxylation is 1. The van der Waals surface area contributed by atoms with Crippen LogP contribution in [0.2, 0.25) is 0 Å². The Kier molecular flexibility index (Phi) is 7.06. The number of nitrogens with two attached hydrogens (primary N) is 1. The van der Waals surface area contributed by atoms with Crippen molar-refractivity contribution in [1.29, 1.82) is 0 Å². The second-order valence-corrected chi connectivity index (χ2v) is 7.35. The highest BCUT2D eigenvalue weighted by atomic mass is 16.7.